The van der Waals surface area contributed by atoms with Crippen LogP contribution in [0.2, 0.25) is 5.02 Å². The third kappa shape index (κ3) is 5.96. The summed E-state index contributed by atoms with van der Waals surface area (Å²) in [5, 5.41) is 3.23. The van der Waals surface area contributed by atoms with Crippen LogP contribution >= 0.6 is 24.0 Å². The summed E-state index contributed by atoms with van der Waals surface area (Å²) >= 11 is 5.81. The lowest BCUT2D eigenvalue weighted by Gasteiger charge is -2.13. The Morgan fingerprint density at radius 1 is 1.14 bits per heavy atom. The molecule has 3 N–H and O–H groups in total. The van der Waals surface area contributed by atoms with Gasteiger partial charge in [0.05, 0.1) is 16.1 Å². The van der Waals surface area contributed by atoms with Gasteiger partial charge in [0.2, 0.25) is 0 Å². The molecule has 0 aliphatic carbocycles. The average Bonchev–Trinajstić information content (AvgIpc) is 3.07. The lowest BCUT2D eigenvalue weighted by Crippen LogP contribution is -2.27. The van der Waals surface area contributed by atoms with Crippen LogP contribution in [0.25, 0.3) is 0 Å². The molecule has 0 atom stereocenters. The highest BCUT2D eigenvalue weighted by atomic mass is 35.5. The topological polar surface area (TPSA) is 104 Å². The predicted molar refractivity (Wildman–Crippen MR) is 115 cm³/mol. The molecule has 3 aromatic rings. The van der Waals surface area contributed by atoms with E-state index < -0.39 is 10.0 Å². The van der Waals surface area contributed by atoms with Gasteiger partial charge < -0.3 is 10.3 Å². The van der Waals surface area contributed by atoms with Crippen molar-refractivity contribution in [1.82, 2.24) is 15.3 Å². The summed E-state index contributed by atoms with van der Waals surface area (Å²) in [6, 6.07) is 12.2. The number of rotatable bonds is 7. The van der Waals surface area contributed by atoms with E-state index >= 15 is 0 Å². The van der Waals surface area contributed by atoms with Crippen molar-refractivity contribution < 1.29 is 13.2 Å². The van der Waals surface area contributed by atoms with E-state index in [1.807, 2.05) is 6.92 Å². The van der Waals surface area contributed by atoms with Crippen LogP contribution in [0.4, 0.5) is 5.69 Å². The van der Waals surface area contributed by atoms with Crippen molar-refractivity contribution in [3.63, 3.8) is 0 Å². The average molecular weight is 455 g/mol. The predicted octanol–water partition coefficient (Wildman–Crippen LogP) is 3.57. The Labute approximate surface area is 180 Å². The second kappa shape index (κ2) is 9.78. The van der Waals surface area contributed by atoms with Crippen LogP contribution in [0.3, 0.4) is 0 Å². The van der Waals surface area contributed by atoms with Crippen molar-refractivity contribution in [2.45, 2.75) is 18.2 Å². The normalized spacial score (nSPS) is 10.8. The third-order valence-corrected chi connectivity index (χ3v) is 5.61. The van der Waals surface area contributed by atoms with Crippen LogP contribution in [-0.2, 0) is 16.4 Å². The molecule has 1 amide bonds. The largest absolute Gasteiger partial charge is 0.352 e. The summed E-state index contributed by atoms with van der Waals surface area (Å²) < 4.78 is 27.7. The van der Waals surface area contributed by atoms with Crippen LogP contribution in [0.15, 0.2) is 59.6 Å². The lowest BCUT2D eigenvalue weighted by atomic mass is 10.1. The number of carbonyl (C=O) groups is 1. The van der Waals surface area contributed by atoms with E-state index in [0.717, 1.165) is 11.5 Å². The Hall–Kier alpha value is -2.55. The molecule has 7 nitrogen and oxygen atoms in total. The molecule has 0 unspecified atom stereocenters. The second-order valence-corrected chi connectivity index (χ2v) is 8.22. The number of imidazole rings is 1. The van der Waals surface area contributed by atoms with Gasteiger partial charge in [-0.3, -0.25) is 9.52 Å². The highest BCUT2D eigenvalue weighted by molar-refractivity contribution is 7.92. The smallest absolute Gasteiger partial charge is 0.261 e. The number of aromatic amines is 1. The number of anilines is 1. The molecule has 154 valence electrons. The molecule has 0 bridgehead atoms. The number of carbonyl (C=O) groups excluding carboxylic acids is 1. The number of halogens is 2. The van der Waals surface area contributed by atoms with Gasteiger partial charge >= 0.3 is 0 Å². The molecule has 1 heterocycles. The Morgan fingerprint density at radius 2 is 1.83 bits per heavy atom. The maximum absolute atomic E-state index is 12.6. The van der Waals surface area contributed by atoms with Crippen molar-refractivity contribution >= 4 is 45.6 Å². The Kier molecular flexibility index (Phi) is 7.66. The van der Waals surface area contributed by atoms with E-state index in [1.165, 1.54) is 24.3 Å². The number of hydrogen-bond donors (Lipinski definition) is 3. The number of nitrogens with zero attached hydrogens (tertiary/aromatic N) is 1. The summed E-state index contributed by atoms with van der Waals surface area (Å²) in [7, 11) is -3.85. The minimum absolute atomic E-state index is 0. The molecule has 1 aromatic heterocycles. The monoisotopic (exact) mass is 454 g/mol. The number of hydrogen-bond acceptors (Lipinski definition) is 4. The molecule has 29 heavy (non-hydrogen) atoms. The van der Waals surface area contributed by atoms with Crippen LogP contribution in [0, 0.1) is 6.92 Å². The molecule has 0 radical (unpaired) electrons. The summed E-state index contributed by atoms with van der Waals surface area (Å²) in [5.41, 5.74) is 1.35. The number of benzene rings is 2. The Bertz CT molecular complexity index is 1080. The molecular weight excluding hydrogens is 435 g/mol. The number of para-hydroxylation sites is 1. The van der Waals surface area contributed by atoms with E-state index in [9.17, 15) is 13.2 Å². The summed E-state index contributed by atoms with van der Waals surface area (Å²) in [6.07, 6.45) is 2.31. The van der Waals surface area contributed by atoms with Crippen LogP contribution < -0.4 is 10.0 Å². The zero-order valence-electron chi connectivity index (χ0n) is 15.5. The molecular formula is C19H20Cl2N4O3S. The summed E-state index contributed by atoms with van der Waals surface area (Å²) in [5.74, 6) is 0.439. The van der Waals surface area contributed by atoms with E-state index in [1.54, 1.807) is 30.5 Å². The zero-order valence-corrected chi connectivity index (χ0v) is 17.9. The van der Waals surface area contributed by atoms with Gasteiger partial charge in [0.25, 0.3) is 15.9 Å². The minimum Gasteiger partial charge on any atom is -0.352 e. The maximum atomic E-state index is 12.6. The van der Waals surface area contributed by atoms with Crippen LogP contribution in [0.5, 0.6) is 0 Å². The maximum Gasteiger partial charge on any atom is 0.261 e. The quantitative estimate of drug-likeness (QED) is 0.507. The van der Waals surface area contributed by atoms with Crippen molar-refractivity contribution in [2.24, 2.45) is 0 Å². The number of H-pyrrole nitrogens is 1. The van der Waals surface area contributed by atoms with Gasteiger partial charge in [0.15, 0.2) is 0 Å². The van der Waals surface area contributed by atoms with E-state index in [2.05, 4.69) is 20.0 Å². The highest BCUT2D eigenvalue weighted by Crippen LogP contribution is 2.21. The van der Waals surface area contributed by atoms with Crippen LogP contribution in [0.1, 0.15) is 21.9 Å². The van der Waals surface area contributed by atoms with Gasteiger partial charge in [-0.2, -0.15) is 0 Å². The van der Waals surface area contributed by atoms with Crippen molar-refractivity contribution in [3.8, 4) is 0 Å². The van der Waals surface area contributed by atoms with E-state index in [4.69, 9.17) is 11.6 Å². The van der Waals surface area contributed by atoms with Gasteiger partial charge in [-0.1, -0.05) is 23.7 Å². The molecule has 10 heteroatoms. The van der Waals surface area contributed by atoms with Gasteiger partial charge in [-0.05, 0) is 43.3 Å². The van der Waals surface area contributed by atoms with Crippen molar-refractivity contribution in [3.05, 3.63) is 76.8 Å². The first-order valence-electron chi connectivity index (χ1n) is 8.51. The van der Waals surface area contributed by atoms with Gasteiger partial charge in [0.1, 0.15) is 5.82 Å². The lowest BCUT2D eigenvalue weighted by molar-refractivity contribution is 0.0955. The van der Waals surface area contributed by atoms with Gasteiger partial charge in [-0.15, -0.1) is 12.4 Å². The third-order valence-electron chi connectivity index (χ3n) is 3.98. The second-order valence-electron chi connectivity index (χ2n) is 6.10. The van der Waals surface area contributed by atoms with Gasteiger partial charge in [-0.25, -0.2) is 13.4 Å². The summed E-state index contributed by atoms with van der Waals surface area (Å²) in [4.78, 5) is 19.8. The zero-order chi connectivity index (χ0) is 20.1. The number of sulfonamides is 1. The fraction of sp³-hybridized carbons (Fsp3) is 0.158. The molecule has 0 aliphatic rings. The Morgan fingerprint density at radius 3 is 2.48 bits per heavy atom. The molecule has 0 fully saturated rings. The van der Waals surface area contributed by atoms with Crippen molar-refractivity contribution in [1.29, 1.82) is 0 Å². The first-order chi connectivity index (χ1) is 13.3. The molecule has 0 spiro atoms. The number of amides is 1. The van der Waals surface area contributed by atoms with E-state index in [-0.39, 0.29) is 34.5 Å². The first-order valence-corrected chi connectivity index (χ1v) is 10.4. The number of nitrogens with one attached hydrogen (secondary N) is 3. The molecule has 0 aliphatic heterocycles. The summed E-state index contributed by atoms with van der Waals surface area (Å²) in [6.45, 7) is 2.24. The Balaban J connectivity index is 0.00000300. The van der Waals surface area contributed by atoms with E-state index in [0.29, 0.717) is 18.0 Å². The molecule has 0 saturated carbocycles. The van der Waals surface area contributed by atoms with Crippen LogP contribution in [-0.4, -0.2) is 30.8 Å². The number of aryl methyl sites for hydroxylation is 1. The minimum atomic E-state index is -3.85. The standard InChI is InChI=1S/C19H19ClN4O3S.ClH/c1-13-22-12-15(23-13)10-11-21-19(25)17-4-2-3-5-18(17)24-28(26,27)16-8-6-14(20)7-9-16;/h2-9,12,24H,10-11H2,1H3,(H,21,25)(H,22,23);1H. The fourth-order valence-electron chi connectivity index (χ4n) is 2.59. The molecule has 0 saturated heterocycles. The fourth-order valence-corrected chi connectivity index (χ4v) is 3.80. The molecule has 2 aromatic carbocycles. The molecule has 3 rings (SSSR count). The highest BCUT2D eigenvalue weighted by Gasteiger charge is 2.18. The first kappa shape index (κ1) is 22.7. The van der Waals surface area contributed by atoms with Gasteiger partial charge in [0, 0.05) is 29.9 Å². The van der Waals surface area contributed by atoms with Crippen molar-refractivity contribution in [2.75, 3.05) is 11.3 Å². The number of aromatic nitrogens is 2. The SMILES string of the molecule is Cc1ncc(CCNC(=O)c2ccccc2NS(=O)(=O)c2ccc(Cl)cc2)[nH]1.Cl.